The standard InChI is InChI=1S/C87H140O17P2/c1-5-9-13-17-21-25-29-33-36-39-40-43-45-49-52-56-60-64-68-72-85(90)97-77-82(103-86(91)73-69-65-61-57-53-47-32-28-24-20-16-12-8-4)79-101-105(93,94)99-75-81(88)76-100-106(95,96)102-80-83(104-87(92)74-70-66-62-58-54-50-46-42-38-35-31-27-23-19-15-11-7-3)78-98-84(89)71-67-63-59-55-51-48-44-41-37-34-30-26-22-18-14-10-6-2/h9-11,13-15,21-23,25-28,32-38,40,43-44,46,48,50,55,58-59,62,81-83,88H,5-8,12,16-20,24,29-31,39,41-42,45,47,49,51-54,56-57,60-61,63-80H2,1-4H3,(H,93,94)(H,95,96)/b13-9-,14-10-,15-11-,25-21-,26-22-,27-23-,32-28-,36-33-,37-34-,38-35-,43-40-,48-44-,50-46-,59-55-,62-58-. The molecular weight excluding hydrogens is 1380 g/mol. The fraction of sp³-hybridized carbons (Fsp3) is 0.609. The van der Waals surface area contributed by atoms with Crippen LogP contribution in [-0.4, -0.2) is 96.7 Å². The molecule has 0 aliphatic heterocycles. The van der Waals surface area contributed by atoms with Crippen LogP contribution >= 0.6 is 15.6 Å². The summed E-state index contributed by atoms with van der Waals surface area (Å²) in [6.07, 6.45) is 93.1. The lowest BCUT2D eigenvalue weighted by molar-refractivity contribution is -0.161. The summed E-state index contributed by atoms with van der Waals surface area (Å²) in [5, 5.41) is 10.6. The van der Waals surface area contributed by atoms with E-state index in [2.05, 4.69) is 186 Å². The van der Waals surface area contributed by atoms with E-state index in [4.69, 9.17) is 37.0 Å². The molecule has 600 valence electrons. The van der Waals surface area contributed by atoms with Crippen molar-refractivity contribution in [2.24, 2.45) is 0 Å². The zero-order chi connectivity index (χ0) is 77.4. The lowest BCUT2D eigenvalue weighted by atomic mass is 10.1. The Hall–Kier alpha value is -5.84. The molecule has 0 heterocycles. The van der Waals surface area contributed by atoms with Gasteiger partial charge in [0.1, 0.15) is 19.3 Å². The number of ether oxygens (including phenoxy) is 4. The molecule has 5 atom stereocenters. The number of hydrogen-bond donors (Lipinski definition) is 3. The zero-order valence-electron chi connectivity index (χ0n) is 65.5. The third-order valence-corrected chi connectivity index (χ3v) is 17.7. The first-order valence-corrected chi connectivity index (χ1v) is 43.0. The molecule has 0 amide bonds. The van der Waals surface area contributed by atoms with Crippen LogP contribution in [0.25, 0.3) is 0 Å². The molecule has 0 spiro atoms. The summed E-state index contributed by atoms with van der Waals surface area (Å²) in [6.45, 7) is 4.34. The van der Waals surface area contributed by atoms with E-state index in [1.165, 1.54) is 25.7 Å². The van der Waals surface area contributed by atoms with Crippen LogP contribution in [0.2, 0.25) is 0 Å². The predicted octanol–water partition coefficient (Wildman–Crippen LogP) is 23.6. The Morgan fingerprint density at radius 2 is 0.500 bits per heavy atom. The molecule has 19 heteroatoms. The maximum Gasteiger partial charge on any atom is 0.472 e. The molecule has 3 N–H and O–H groups in total. The van der Waals surface area contributed by atoms with E-state index < -0.39 is 97.5 Å². The first-order chi connectivity index (χ1) is 51.7. The van der Waals surface area contributed by atoms with Gasteiger partial charge in [-0.05, 0) is 167 Å². The Morgan fingerprint density at radius 3 is 0.811 bits per heavy atom. The van der Waals surface area contributed by atoms with Crippen molar-refractivity contribution in [2.75, 3.05) is 39.6 Å². The van der Waals surface area contributed by atoms with Crippen molar-refractivity contribution in [3.05, 3.63) is 182 Å². The molecule has 0 aromatic heterocycles. The van der Waals surface area contributed by atoms with Crippen molar-refractivity contribution in [1.29, 1.82) is 0 Å². The van der Waals surface area contributed by atoms with Gasteiger partial charge < -0.3 is 33.8 Å². The van der Waals surface area contributed by atoms with E-state index in [0.717, 1.165) is 167 Å². The molecule has 106 heavy (non-hydrogen) atoms. The van der Waals surface area contributed by atoms with Crippen LogP contribution in [-0.2, 0) is 65.4 Å². The van der Waals surface area contributed by atoms with Gasteiger partial charge in [0, 0.05) is 25.7 Å². The maximum atomic E-state index is 13.1. The van der Waals surface area contributed by atoms with E-state index in [-0.39, 0.29) is 25.7 Å². The van der Waals surface area contributed by atoms with E-state index in [1.54, 1.807) is 0 Å². The summed E-state index contributed by atoms with van der Waals surface area (Å²) in [4.78, 5) is 73.0. The van der Waals surface area contributed by atoms with Crippen LogP contribution < -0.4 is 0 Å². The minimum Gasteiger partial charge on any atom is -0.462 e. The van der Waals surface area contributed by atoms with Crippen molar-refractivity contribution < 1.29 is 80.2 Å². The Balaban J connectivity index is 5.48. The van der Waals surface area contributed by atoms with Gasteiger partial charge in [-0.15, -0.1) is 0 Å². The molecule has 0 bridgehead atoms. The molecule has 0 radical (unpaired) electrons. The van der Waals surface area contributed by atoms with Gasteiger partial charge in [0.05, 0.1) is 26.4 Å². The fourth-order valence-corrected chi connectivity index (χ4v) is 11.4. The fourth-order valence-electron chi connectivity index (χ4n) is 9.86. The summed E-state index contributed by atoms with van der Waals surface area (Å²) in [6, 6.07) is 0. The molecule has 17 nitrogen and oxygen atoms in total. The van der Waals surface area contributed by atoms with Crippen molar-refractivity contribution in [3.63, 3.8) is 0 Å². The third-order valence-electron chi connectivity index (χ3n) is 15.8. The molecule has 0 fully saturated rings. The Morgan fingerprint density at radius 1 is 0.274 bits per heavy atom. The number of esters is 4. The highest BCUT2D eigenvalue weighted by Crippen LogP contribution is 2.45. The average molecular weight is 1520 g/mol. The molecule has 0 aliphatic carbocycles. The molecule has 0 aliphatic rings. The second-order valence-electron chi connectivity index (χ2n) is 25.9. The Labute approximate surface area is 641 Å². The van der Waals surface area contributed by atoms with Gasteiger partial charge >= 0.3 is 39.5 Å². The third kappa shape index (κ3) is 76.4. The quantitative estimate of drug-likeness (QED) is 0.0169. The van der Waals surface area contributed by atoms with Crippen LogP contribution in [0.5, 0.6) is 0 Å². The van der Waals surface area contributed by atoms with Gasteiger partial charge in [-0.25, -0.2) is 9.13 Å². The number of phosphoric ester groups is 2. The largest absolute Gasteiger partial charge is 0.472 e. The first-order valence-electron chi connectivity index (χ1n) is 40.0. The number of carbonyl (C=O) groups is 4. The van der Waals surface area contributed by atoms with E-state index in [1.807, 2.05) is 24.3 Å². The van der Waals surface area contributed by atoms with Gasteiger partial charge in [0.25, 0.3) is 0 Å². The van der Waals surface area contributed by atoms with Gasteiger partial charge in [-0.2, -0.15) is 0 Å². The van der Waals surface area contributed by atoms with Crippen molar-refractivity contribution >= 4 is 39.5 Å². The lowest BCUT2D eigenvalue weighted by Gasteiger charge is -2.21. The SMILES string of the molecule is CC/C=C\C/C=C\C/C=C\C/C=C\C/C=C\CCCC(=O)OCC(COP(=O)(O)OCC(O)COP(=O)(O)OCC(COC(=O)CCCCCCCC/C=C\C/C=C\C/C=C\C/C=C\CC)OC(=O)CCCCCCC/C=C\CCCCCC)OC(=O)CCC/C=C\C/C=C\C/C=C\C/C=C\C/C=C\CC. The van der Waals surface area contributed by atoms with Gasteiger partial charge in [0.15, 0.2) is 12.2 Å². The van der Waals surface area contributed by atoms with Crippen molar-refractivity contribution in [2.45, 2.75) is 303 Å². The highest BCUT2D eigenvalue weighted by atomic mass is 31.2. The topological polar surface area (TPSA) is 237 Å². The minimum atomic E-state index is -5.02. The van der Waals surface area contributed by atoms with Crippen LogP contribution in [0.1, 0.15) is 285 Å². The van der Waals surface area contributed by atoms with Crippen LogP contribution in [0.3, 0.4) is 0 Å². The molecule has 5 unspecified atom stereocenters. The average Bonchev–Trinajstić information content (AvgIpc) is 0.902. The van der Waals surface area contributed by atoms with Crippen molar-refractivity contribution in [3.8, 4) is 0 Å². The van der Waals surface area contributed by atoms with Crippen molar-refractivity contribution in [1.82, 2.24) is 0 Å². The Bertz CT molecular complexity index is 2730. The highest BCUT2D eigenvalue weighted by molar-refractivity contribution is 7.47. The van der Waals surface area contributed by atoms with Gasteiger partial charge in [-0.1, -0.05) is 274 Å². The number of carbonyl (C=O) groups excluding carboxylic acids is 4. The number of allylic oxidation sites excluding steroid dienone is 30. The molecule has 0 saturated carbocycles. The van der Waals surface area contributed by atoms with Gasteiger partial charge in [0.2, 0.25) is 0 Å². The second-order valence-corrected chi connectivity index (χ2v) is 28.8. The zero-order valence-corrected chi connectivity index (χ0v) is 67.3. The van der Waals surface area contributed by atoms with Crippen LogP contribution in [0.4, 0.5) is 0 Å². The number of unbranched alkanes of at least 4 members (excludes halogenated alkanes) is 17. The lowest BCUT2D eigenvalue weighted by Crippen LogP contribution is -2.30. The molecule has 0 aromatic carbocycles. The summed E-state index contributed by atoms with van der Waals surface area (Å²) in [5.41, 5.74) is 0. The van der Waals surface area contributed by atoms with E-state index in [0.29, 0.717) is 38.5 Å². The number of hydrogen-bond acceptors (Lipinski definition) is 15. The normalized spacial score (nSPS) is 14.8. The Kier molecular flexibility index (Phi) is 73.1. The summed E-state index contributed by atoms with van der Waals surface area (Å²) in [5.74, 6) is -2.35. The number of aliphatic hydroxyl groups excluding tert-OH is 1. The summed E-state index contributed by atoms with van der Waals surface area (Å²) in [7, 11) is -10.0. The summed E-state index contributed by atoms with van der Waals surface area (Å²) < 4.78 is 68.5. The number of phosphoric acid groups is 2. The van der Waals surface area contributed by atoms with Gasteiger partial charge in [-0.3, -0.25) is 37.3 Å². The number of rotatable bonds is 73. The van der Waals surface area contributed by atoms with Crippen LogP contribution in [0, 0.1) is 0 Å². The predicted molar refractivity (Wildman–Crippen MR) is 436 cm³/mol. The molecule has 0 saturated heterocycles. The monoisotopic (exact) mass is 1520 g/mol. The highest BCUT2D eigenvalue weighted by Gasteiger charge is 2.30. The number of aliphatic hydroxyl groups is 1. The van der Waals surface area contributed by atoms with Crippen LogP contribution in [0.15, 0.2) is 182 Å². The smallest absolute Gasteiger partial charge is 0.462 e. The first kappa shape index (κ1) is 100. The molecule has 0 aromatic rings. The summed E-state index contributed by atoms with van der Waals surface area (Å²) >= 11 is 0. The van der Waals surface area contributed by atoms with E-state index in [9.17, 15) is 43.2 Å². The molecule has 0 rings (SSSR count). The maximum absolute atomic E-state index is 13.1. The minimum absolute atomic E-state index is 0.00285. The molecular formula is C87H140O17P2. The second kappa shape index (κ2) is 77.3. The van der Waals surface area contributed by atoms with E-state index >= 15 is 0 Å².